The molecular formula is C18H17N3O4. The van der Waals surface area contributed by atoms with Crippen LogP contribution in [-0.4, -0.2) is 22.5 Å². The zero-order chi connectivity index (χ0) is 18.1. The van der Waals surface area contributed by atoms with Gasteiger partial charge < -0.3 is 15.0 Å². The molecule has 0 bridgehead atoms. The largest absolute Gasteiger partial charge is 0.493 e. The van der Waals surface area contributed by atoms with Gasteiger partial charge in [-0.15, -0.1) is 11.2 Å². The Labute approximate surface area is 143 Å². The lowest BCUT2D eigenvalue weighted by molar-refractivity contribution is -0.115. The Morgan fingerprint density at radius 3 is 2.84 bits per heavy atom. The normalized spacial score (nSPS) is 16.1. The highest BCUT2D eigenvalue weighted by Gasteiger charge is 2.21. The average Bonchev–Trinajstić information content (AvgIpc) is 2.94. The van der Waals surface area contributed by atoms with Crippen molar-refractivity contribution in [2.45, 2.75) is 13.3 Å². The molecule has 7 heteroatoms. The van der Waals surface area contributed by atoms with Gasteiger partial charge in [0.25, 0.3) is 5.56 Å². The van der Waals surface area contributed by atoms with Gasteiger partial charge in [-0.05, 0) is 37.1 Å². The highest BCUT2D eigenvalue weighted by Crippen LogP contribution is 2.24. The Kier molecular flexibility index (Phi) is 4.14. The summed E-state index contributed by atoms with van der Waals surface area (Å²) in [5, 5.41) is 0. The Hall–Kier alpha value is -3.35. The molecule has 1 aliphatic carbocycles. The second-order valence-corrected chi connectivity index (χ2v) is 5.56. The summed E-state index contributed by atoms with van der Waals surface area (Å²) >= 11 is 0. The zero-order valence-electron chi connectivity index (χ0n) is 13.9. The molecule has 0 aromatic carbocycles. The number of hydrogen-bond acceptors (Lipinski definition) is 6. The van der Waals surface area contributed by atoms with Crippen LogP contribution in [0.25, 0.3) is 11.7 Å². The van der Waals surface area contributed by atoms with Crippen molar-refractivity contribution in [2.24, 2.45) is 0 Å². The highest BCUT2D eigenvalue weighted by atomic mass is 16.5. The fourth-order valence-corrected chi connectivity index (χ4v) is 2.62. The quantitative estimate of drug-likeness (QED) is 0.857. The highest BCUT2D eigenvalue weighted by molar-refractivity contribution is 6.09. The number of nitrogen functional groups attached to an aromatic ring is 1. The van der Waals surface area contributed by atoms with E-state index in [2.05, 4.69) is 11.6 Å². The van der Waals surface area contributed by atoms with Gasteiger partial charge in [-0.1, -0.05) is 6.08 Å². The van der Waals surface area contributed by atoms with Crippen molar-refractivity contribution in [2.75, 3.05) is 12.8 Å². The maximum atomic E-state index is 12.3. The second-order valence-electron chi connectivity index (χ2n) is 5.56. The molecule has 3 rings (SSSR count). The van der Waals surface area contributed by atoms with Crippen LogP contribution >= 0.6 is 0 Å². The van der Waals surface area contributed by atoms with E-state index in [0.717, 1.165) is 0 Å². The molecular weight excluding hydrogens is 322 g/mol. The van der Waals surface area contributed by atoms with Crippen molar-refractivity contribution in [1.29, 1.82) is 0 Å². The molecule has 0 unspecified atom stereocenters. The summed E-state index contributed by atoms with van der Waals surface area (Å²) in [5.41, 5.74) is 7.23. The molecule has 0 aliphatic heterocycles. The molecule has 2 N–H and O–H groups in total. The molecule has 25 heavy (non-hydrogen) atoms. The van der Waals surface area contributed by atoms with Gasteiger partial charge in [0.05, 0.1) is 12.7 Å². The number of nitrogens with zero attached hydrogens (tertiary/aromatic N) is 2. The first kappa shape index (κ1) is 16.5. The summed E-state index contributed by atoms with van der Waals surface area (Å²) in [7, 11) is 1.42. The molecule has 0 atom stereocenters. The van der Waals surface area contributed by atoms with E-state index in [9.17, 15) is 9.59 Å². The van der Waals surface area contributed by atoms with Gasteiger partial charge in [-0.25, -0.2) is 0 Å². The fraction of sp³-hybridized carbons (Fsp3) is 0.167. The van der Waals surface area contributed by atoms with Crippen molar-refractivity contribution in [1.82, 2.24) is 9.56 Å². The number of Topliss-reactive ketones (excluding diaryl/α,β-unsaturated/α-hetero) is 1. The van der Waals surface area contributed by atoms with E-state index in [4.69, 9.17) is 15.0 Å². The number of methoxy groups -OCH3 is 1. The number of fused-ring (bicyclic) bond motifs is 1. The molecule has 0 amide bonds. The number of rotatable bonds is 4. The van der Waals surface area contributed by atoms with Crippen molar-refractivity contribution in [3.63, 3.8) is 0 Å². The summed E-state index contributed by atoms with van der Waals surface area (Å²) in [6.07, 6.45) is 6.80. The topological polar surface area (TPSA) is 99.8 Å². The maximum Gasteiger partial charge on any atom is 0.282 e. The van der Waals surface area contributed by atoms with E-state index in [1.54, 1.807) is 37.3 Å². The van der Waals surface area contributed by atoms with Crippen LogP contribution in [-0.2, 0) is 9.53 Å². The summed E-state index contributed by atoms with van der Waals surface area (Å²) < 4.78 is 11.9. The SMILES string of the molecule is C=CCC1=C/C(=C\c2c(N)n3oc(C)cc3nc2=O)C=C(OC)C1=O. The van der Waals surface area contributed by atoms with Crippen molar-refractivity contribution in [3.05, 3.63) is 69.5 Å². The smallest absolute Gasteiger partial charge is 0.282 e. The minimum atomic E-state index is -0.478. The van der Waals surface area contributed by atoms with Gasteiger partial charge >= 0.3 is 0 Å². The number of hydrogen-bond donors (Lipinski definition) is 1. The number of carbonyl (C=O) groups excluding carboxylic acids is 1. The van der Waals surface area contributed by atoms with E-state index < -0.39 is 5.56 Å². The van der Waals surface area contributed by atoms with Crippen LogP contribution in [0, 0.1) is 6.92 Å². The molecule has 0 fully saturated rings. The maximum absolute atomic E-state index is 12.3. The van der Waals surface area contributed by atoms with Gasteiger partial charge in [-0.2, -0.15) is 4.98 Å². The van der Waals surface area contributed by atoms with Crippen molar-refractivity contribution >= 4 is 23.3 Å². The average molecular weight is 339 g/mol. The van der Waals surface area contributed by atoms with Gasteiger partial charge in [-0.3, -0.25) is 9.59 Å². The van der Waals surface area contributed by atoms with Crippen LogP contribution in [0.2, 0.25) is 0 Å². The third-order valence-electron chi connectivity index (χ3n) is 3.77. The number of ketones is 1. The van der Waals surface area contributed by atoms with E-state index in [1.165, 1.54) is 11.7 Å². The van der Waals surface area contributed by atoms with E-state index >= 15 is 0 Å². The number of nitrogens with two attached hydrogens (primary N) is 1. The molecule has 7 nitrogen and oxygen atoms in total. The Morgan fingerprint density at radius 2 is 2.16 bits per heavy atom. The standard InChI is InChI=1S/C18H17N3O4/c1-4-5-12-7-11(9-14(24-3)16(12)22)8-13-17(19)21-15(20-18(13)23)6-10(2)25-21/h4,6-9H,1,5,19H2,2-3H3/b11-8+. The number of carbonyl (C=O) groups is 1. The van der Waals surface area contributed by atoms with Gasteiger partial charge in [0.2, 0.25) is 5.78 Å². The third-order valence-corrected chi connectivity index (χ3v) is 3.77. The fourth-order valence-electron chi connectivity index (χ4n) is 2.62. The predicted molar refractivity (Wildman–Crippen MR) is 93.9 cm³/mol. The third kappa shape index (κ3) is 2.91. The number of anilines is 1. The number of aryl methyl sites for hydroxylation is 1. The molecule has 128 valence electrons. The van der Waals surface area contributed by atoms with E-state index in [-0.39, 0.29) is 22.9 Å². The lowest BCUT2D eigenvalue weighted by Crippen LogP contribution is -2.17. The summed E-state index contributed by atoms with van der Waals surface area (Å²) in [4.78, 5) is 28.5. The first-order valence-electron chi connectivity index (χ1n) is 7.57. The van der Waals surface area contributed by atoms with Gasteiger partial charge in [0, 0.05) is 11.6 Å². The summed E-state index contributed by atoms with van der Waals surface area (Å²) in [5.74, 6) is 0.701. The first-order chi connectivity index (χ1) is 11.9. The number of aromatic nitrogens is 2. The van der Waals surface area contributed by atoms with Crippen LogP contribution in [0.3, 0.4) is 0 Å². The van der Waals surface area contributed by atoms with Crippen LogP contribution in [0.5, 0.6) is 0 Å². The molecule has 0 radical (unpaired) electrons. The lowest BCUT2D eigenvalue weighted by atomic mass is 9.95. The molecule has 1 aliphatic rings. The number of allylic oxidation sites excluding steroid dienone is 5. The first-order valence-corrected chi connectivity index (χ1v) is 7.57. The second kappa shape index (κ2) is 6.27. The van der Waals surface area contributed by atoms with Crippen LogP contribution in [0.4, 0.5) is 5.82 Å². The Balaban J connectivity index is 2.18. The lowest BCUT2D eigenvalue weighted by Gasteiger charge is -2.14. The molecule has 0 saturated carbocycles. The zero-order valence-corrected chi connectivity index (χ0v) is 13.9. The Morgan fingerprint density at radius 1 is 1.40 bits per heavy atom. The van der Waals surface area contributed by atoms with Crippen LogP contribution in [0.1, 0.15) is 17.7 Å². The molecule has 2 aromatic heterocycles. The molecule has 0 saturated heterocycles. The van der Waals surface area contributed by atoms with Crippen LogP contribution in [0.15, 0.2) is 57.1 Å². The van der Waals surface area contributed by atoms with Gasteiger partial charge in [0.1, 0.15) is 5.76 Å². The van der Waals surface area contributed by atoms with Crippen molar-refractivity contribution < 1.29 is 14.1 Å². The van der Waals surface area contributed by atoms with Gasteiger partial charge in [0.15, 0.2) is 17.2 Å². The number of ether oxygens (including phenoxy) is 1. The minimum Gasteiger partial charge on any atom is -0.493 e. The molecule has 2 aromatic rings. The minimum absolute atomic E-state index is 0.138. The summed E-state index contributed by atoms with van der Waals surface area (Å²) in [6.45, 7) is 5.38. The van der Waals surface area contributed by atoms with E-state index in [0.29, 0.717) is 29.0 Å². The van der Waals surface area contributed by atoms with E-state index in [1.807, 2.05) is 0 Å². The Bertz CT molecular complexity index is 1030. The predicted octanol–water partition coefficient (Wildman–Crippen LogP) is 2.18. The molecule has 2 heterocycles. The molecule has 0 spiro atoms. The van der Waals surface area contributed by atoms with Crippen LogP contribution < -0.4 is 11.3 Å². The summed E-state index contributed by atoms with van der Waals surface area (Å²) in [6, 6.07) is 1.62. The monoisotopic (exact) mass is 339 g/mol. The van der Waals surface area contributed by atoms with Crippen molar-refractivity contribution in [3.8, 4) is 0 Å².